The molecule has 0 fully saturated rings. The monoisotopic (exact) mass is 380 g/mol. The van der Waals surface area contributed by atoms with Gasteiger partial charge in [-0.1, -0.05) is 42.8 Å². The van der Waals surface area contributed by atoms with Crippen LogP contribution in [-0.4, -0.2) is 15.9 Å². The highest BCUT2D eigenvalue weighted by atomic mass is 35.5. The van der Waals surface area contributed by atoms with Crippen LogP contribution in [0.25, 0.3) is 0 Å². The maximum atomic E-state index is 12.5. The Hall–Kier alpha value is -2.92. The largest absolute Gasteiger partial charge is 0.347 e. The van der Waals surface area contributed by atoms with Gasteiger partial charge in [0.15, 0.2) is 0 Å². The van der Waals surface area contributed by atoms with Crippen LogP contribution in [0.5, 0.6) is 0 Å². The topological polar surface area (TPSA) is 66.9 Å². The lowest BCUT2D eigenvalue weighted by atomic mass is 10.1. The number of hydrogen-bond acceptors (Lipinski definition) is 4. The maximum Gasteiger partial charge on any atom is 0.270 e. The fraction of sp³-hybridized carbons (Fsp3) is 0.190. The van der Waals surface area contributed by atoms with Crippen LogP contribution in [0.4, 0.5) is 11.6 Å². The maximum absolute atomic E-state index is 12.5. The number of anilines is 2. The van der Waals surface area contributed by atoms with E-state index in [-0.39, 0.29) is 5.91 Å². The molecule has 0 aliphatic heterocycles. The quantitative estimate of drug-likeness (QED) is 0.651. The number of benzene rings is 2. The zero-order chi connectivity index (χ0) is 19.2. The zero-order valence-corrected chi connectivity index (χ0v) is 16.0. The van der Waals surface area contributed by atoms with Gasteiger partial charge in [0.05, 0.1) is 0 Å². The van der Waals surface area contributed by atoms with Gasteiger partial charge in [-0.25, -0.2) is 9.97 Å². The standard InChI is InChI=1S/C21H21ClN4O/c1-3-15-6-10-18(11-7-15)25-21-24-14(2)12-19(26-21)20(27)23-13-16-4-8-17(22)9-5-16/h4-12H,3,13H2,1-2H3,(H,23,27)(H,24,25,26). The van der Waals surface area contributed by atoms with E-state index in [1.54, 1.807) is 18.2 Å². The second-order valence-electron chi connectivity index (χ2n) is 6.20. The Morgan fingerprint density at radius 3 is 2.33 bits per heavy atom. The second kappa shape index (κ2) is 8.64. The van der Waals surface area contributed by atoms with E-state index in [0.29, 0.717) is 28.9 Å². The Labute approximate surface area is 163 Å². The minimum Gasteiger partial charge on any atom is -0.347 e. The molecular weight excluding hydrogens is 360 g/mol. The number of nitrogens with zero attached hydrogens (tertiary/aromatic N) is 2. The minimum absolute atomic E-state index is 0.250. The van der Waals surface area contributed by atoms with Gasteiger partial charge in [0.2, 0.25) is 5.95 Å². The molecule has 3 aromatic rings. The Kier molecular flexibility index (Phi) is 6.04. The van der Waals surface area contributed by atoms with Crippen molar-refractivity contribution in [1.29, 1.82) is 0 Å². The molecule has 0 radical (unpaired) electrons. The molecule has 0 bridgehead atoms. The van der Waals surface area contributed by atoms with Crippen molar-refractivity contribution in [3.8, 4) is 0 Å². The molecule has 1 heterocycles. The summed E-state index contributed by atoms with van der Waals surface area (Å²) in [6.07, 6.45) is 0.985. The number of rotatable bonds is 6. The third kappa shape index (κ3) is 5.28. The third-order valence-electron chi connectivity index (χ3n) is 4.07. The summed E-state index contributed by atoms with van der Waals surface area (Å²) >= 11 is 5.88. The fourth-order valence-corrected chi connectivity index (χ4v) is 2.69. The van der Waals surface area contributed by atoms with Gasteiger partial charge in [-0.3, -0.25) is 4.79 Å². The number of aromatic nitrogens is 2. The van der Waals surface area contributed by atoms with Crippen LogP contribution in [0.2, 0.25) is 5.02 Å². The van der Waals surface area contributed by atoms with E-state index >= 15 is 0 Å². The van der Waals surface area contributed by atoms with Crippen molar-refractivity contribution in [2.45, 2.75) is 26.8 Å². The molecule has 0 saturated carbocycles. The molecule has 0 aliphatic rings. The van der Waals surface area contributed by atoms with E-state index in [4.69, 9.17) is 11.6 Å². The zero-order valence-electron chi connectivity index (χ0n) is 15.3. The molecule has 6 heteroatoms. The van der Waals surface area contributed by atoms with Gasteiger partial charge in [-0.15, -0.1) is 0 Å². The number of hydrogen-bond donors (Lipinski definition) is 2. The van der Waals surface area contributed by atoms with Gasteiger partial charge >= 0.3 is 0 Å². The van der Waals surface area contributed by atoms with E-state index in [1.807, 2.05) is 31.2 Å². The summed E-state index contributed by atoms with van der Waals surface area (Å²) < 4.78 is 0. The van der Waals surface area contributed by atoms with Crippen molar-refractivity contribution >= 4 is 29.1 Å². The van der Waals surface area contributed by atoms with Gasteiger partial charge in [0.25, 0.3) is 5.91 Å². The van der Waals surface area contributed by atoms with Crippen LogP contribution in [0.15, 0.2) is 54.6 Å². The summed E-state index contributed by atoms with van der Waals surface area (Å²) in [7, 11) is 0. The van der Waals surface area contributed by atoms with Crippen molar-refractivity contribution < 1.29 is 4.79 Å². The van der Waals surface area contributed by atoms with E-state index in [1.165, 1.54) is 5.56 Å². The van der Waals surface area contributed by atoms with Crippen molar-refractivity contribution in [3.05, 3.63) is 82.1 Å². The number of aryl methyl sites for hydroxylation is 2. The van der Waals surface area contributed by atoms with E-state index in [9.17, 15) is 4.79 Å². The molecule has 0 unspecified atom stereocenters. The Morgan fingerprint density at radius 1 is 1.00 bits per heavy atom. The molecule has 27 heavy (non-hydrogen) atoms. The number of carbonyl (C=O) groups excluding carboxylic acids is 1. The number of amides is 1. The van der Waals surface area contributed by atoms with Gasteiger partial charge in [-0.2, -0.15) is 0 Å². The third-order valence-corrected chi connectivity index (χ3v) is 4.32. The predicted molar refractivity (Wildman–Crippen MR) is 108 cm³/mol. The SMILES string of the molecule is CCc1ccc(Nc2nc(C)cc(C(=O)NCc3ccc(Cl)cc3)n2)cc1. The predicted octanol–water partition coefficient (Wildman–Crippen LogP) is 4.67. The van der Waals surface area contributed by atoms with Crippen molar-refractivity contribution in [3.63, 3.8) is 0 Å². The summed E-state index contributed by atoms with van der Waals surface area (Å²) in [6.45, 7) is 4.35. The van der Waals surface area contributed by atoms with Crippen LogP contribution >= 0.6 is 11.6 Å². The molecule has 1 aromatic heterocycles. The summed E-state index contributed by atoms with van der Waals surface area (Å²) in [6, 6.07) is 17.1. The Morgan fingerprint density at radius 2 is 1.67 bits per heavy atom. The highest BCUT2D eigenvalue weighted by molar-refractivity contribution is 6.30. The van der Waals surface area contributed by atoms with Gasteiger partial charge in [0, 0.05) is 22.9 Å². The van der Waals surface area contributed by atoms with E-state index < -0.39 is 0 Å². The van der Waals surface area contributed by atoms with Gasteiger partial charge in [-0.05, 0) is 54.8 Å². The molecule has 5 nitrogen and oxygen atoms in total. The number of carbonyl (C=O) groups is 1. The molecule has 0 atom stereocenters. The Bertz CT molecular complexity index is 924. The first-order chi connectivity index (χ1) is 13.0. The molecule has 2 aromatic carbocycles. The van der Waals surface area contributed by atoms with E-state index in [0.717, 1.165) is 17.7 Å². The number of nitrogens with one attached hydrogen (secondary N) is 2. The van der Waals surface area contributed by atoms with Crippen LogP contribution < -0.4 is 10.6 Å². The highest BCUT2D eigenvalue weighted by Crippen LogP contribution is 2.15. The van der Waals surface area contributed by atoms with Crippen LogP contribution in [0, 0.1) is 6.92 Å². The molecule has 3 rings (SSSR count). The first-order valence-corrected chi connectivity index (χ1v) is 9.15. The summed E-state index contributed by atoms with van der Waals surface area (Å²) in [4.78, 5) is 21.2. The number of halogens is 1. The van der Waals surface area contributed by atoms with Gasteiger partial charge in [0.1, 0.15) is 5.69 Å². The van der Waals surface area contributed by atoms with Crippen molar-refractivity contribution in [2.24, 2.45) is 0 Å². The van der Waals surface area contributed by atoms with E-state index in [2.05, 4.69) is 39.7 Å². The normalized spacial score (nSPS) is 10.5. The molecule has 0 spiro atoms. The first-order valence-electron chi connectivity index (χ1n) is 8.78. The molecular formula is C21H21ClN4O. The molecule has 138 valence electrons. The first kappa shape index (κ1) is 18.9. The summed E-state index contributed by atoms with van der Waals surface area (Å²) in [5.74, 6) is 0.149. The van der Waals surface area contributed by atoms with Crippen LogP contribution in [0.3, 0.4) is 0 Å². The van der Waals surface area contributed by atoms with Gasteiger partial charge < -0.3 is 10.6 Å². The summed E-state index contributed by atoms with van der Waals surface area (Å²) in [5, 5.41) is 6.69. The molecule has 0 aliphatic carbocycles. The van der Waals surface area contributed by atoms with Crippen LogP contribution in [0.1, 0.15) is 34.2 Å². The van der Waals surface area contributed by atoms with Crippen LogP contribution in [-0.2, 0) is 13.0 Å². The fourth-order valence-electron chi connectivity index (χ4n) is 2.57. The average molecular weight is 381 g/mol. The lowest BCUT2D eigenvalue weighted by Crippen LogP contribution is -2.24. The minimum atomic E-state index is -0.250. The lowest BCUT2D eigenvalue weighted by Gasteiger charge is -2.09. The van der Waals surface area contributed by atoms with Crippen molar-refractivity contribution in [2.75, 3.05) is 5.32 Å². The second-order valence-corrected chi connectivity index (χ2v) is 6.64. The average Bonchev–Trinajstić information content (AvgIpc) is 2.67. The molecule has 0 saturated heterocycles. The molecule has 1 amide bonds. The molecule has 2 N–H and O–H groups in total. The Balaban J connectivity index is 1.69. The summed E-state index contributed by atoms with van der Waals surface area (Å²) in [5.41, 5.74) is 4.14. The smallest absolute Gasteiger partial charge is 0.270 e. The highest BCUT2D eigenvalue weighted by Gasteiger charge is 2.11. The lowest BCUT2D eigenvalue weighted by molar-refractivity contribution is 0.0945. The van der Waals surface area contributed by atoms with Crippen molar-refractivity contribution in [1.82, 2.24) is 15.3 Å².